The molecule has 0 aromatic carbocycles. The molecule has 4 heteroatoms. The first-order chi connectivity index (χ1) is 9.70. The van der Waals surface area contributed by atoms with Crippen LogP contribution in [0.3, 0.4) is 0 Å². The lowest BCUT2D eigenvalue weighted by atomic mass is 9.79. The average Bonchev–Trinajstić information content (AvgIpc) is 3.01. The summed E-state index contributed by atoms with van der Waals surface area (Å²) >= 11 is 0. The fourth-order valence-electron chi connectivity index (χ4n) is 3.53. The molecule has 2 aromatic rings. The van der Waals surface area contributed by atoms with Crippen LogP contribution in [0.2, 0.25) is 0 Å². The van der Waals surface area contributed by atoms with E-state index in [1.165, 1.54) is 38.8 Å². The van der Waals surface area contributed by atoms with Gasteiger partial charge in [-0.15, -0.1) is 0 Å². The molecule has 0 bridgehead atoms. The lowest BCUT2D eigenvalue weighted by Gasteiger charge is -2.29. The molecule has 2 atom stereocenters. The summed E-state index contributed by atoms with van der Waals surface area (Å²) in [6.07, 6.45) is 18.6. The van der Waals surface area contributed by atoms with E-state index in [9.17, 15) is 0 Å². The number of aryl methyl sites for hydroxylation is 2. The highest BCUT2D eigenvalue weighted by Crippen LogP contribution is 2.32. The molecule has 1 aliphatic carbocycles. The van der Waals surface area contributed by atoms with Gasteiger partial charge in [0.1, 0.15) is 24.8 Å². The van der Waals surface area contributed by atoms with E-state index in [4.69, 9.17) is 0 Å². The maximum Gasteiger partial charge on any atom is 0.243 e. The molecular weight excluding hydrogens is 248 g/mol. The molecule has 0 aliphatic heterocycles. The van der Waals surface area contributed by atoms with Crippen LogP contribution < -0.4 is 9.13 Å². The molecule has 4 nitrogen and oxygen atoms in total. The summed E-state index contributed by atoms with van der Waals surface area (Å²) in [7, 11) is 4.18. The molecule has 2 aromatic heterocycles. The third-order valence-electron chi connectivity index (χ3n) is 4.60. The van der Waals surface area contributed by atoms with E-state index in [0.717, 1.165) is 11.8 Å². The van der Waals surface area contributed by atoms with Crippen LogP contribution in [-0.4, -0.2) is 9.13 Å². The first-order valence-corrected chi connectivity index (χ1v) is 7.73. The first kappa shape index (κ1) is 13.4. The zero-order chi connectivity index (χ0) is 13.9. The lowest BCUT2D eigenvalue weighted by Crippen LogP contribution is -2.29. The van der Waals surface area contributed by atoms with E-state index in [2.05, 4.69) is 69.8 Å². The smallest absolute Gasteiger partial charge is 0.240 e. The third kappa shape index (κ3) is 3.11. The molecule has 108 valence electrons. The Kier molecular flexibility index (Phi) is 3.90. The van der Waals surface area contributed by atoms with E-state index in [1.54, 1.807) is 0 Å². The van der Waals surface area contributed by atoms with Crippen LogP contribution in [0.4, 0.5) is 0 Å². The minimum Gasteiger partial charge on any atom is -0.240 e. The Bertz CT molecular complexity index is 504. The maximum atomic E-state index is 2.35. The SMILES string of the molecule is C[n+]1ccn(CC2CCCCC2Cn2cc[n+](C)c2)c1. The van der Waals surface area contributed by atoms with E-state index in [0.29, 0.717) is 0 Å². The molecule has 2 unspecified atom stereocenters. The summed E-state index contributed by atoms with van der Waals surface area (Å²) in [5, 5.41) is 0. The van der Waals surface area contributed by atoms with Gasteiger partial charge < -0.3 is 0 Å². The predicted octanol–water partition coefficient (Wildman–Crippen LogP) is 1.45. The number of hydrogen-bond acceptors (Lipinski definition) is 0. The largest absolute Gasteiger partial charge is 0.243 e. The molecular formula is C16H26N4+2. The normalized spacial score (nSPS) is 23.1. The average molecular weight is 274 g/mol. The molecule has 1 saturated carbocycles. The molecule has 0 saturated heterocycles. The Hall–Kier alpha value is -1.58. The van der Waals surface area contributed by atoms with Gasteiger partial charge in [0.2, 0.25) is 12.7 Å². The van der Waals surface area contributed by atoms with E-state index in [1.807, 2.05) is 0 Å². The van der Waals surface area contributed by atoms with Crippen molar-refractivity contribution in [3.8, 4) is 0 Å². The van der Waals surface area contributed by atoms with E-state index in [-0.39, 0.29) is 0 Å². The molecule has 3 rings (SSSR count). The van der Waals surface area contributed by atoms with Crippen molar-refractivity contribution in [1.82, 2.24) is 9.13 Å². The molecule has 2 heterocycles. The molecule has 1 fully saturated rings. The molecule has 20 heavy (non-hydrogen) atoms. The van der Waals surface area contributed by atoms with Crippen molar-refractivity contribution >= 4 is 0 Å². The molecule has 0 spiro atoms. The Morgan fingerprint density at radius 3 is 1.65 bits per heavy atom. The second-order valence-corrected chi connectivity index (χ2v) is 6.36. The fourth-order valence-corrected chi connectivity index (χ4v) is 3.53. The van der Waals surface area contributed by atoms with Crippen molar-refractivity contribution in [2.75, 3.05) is 0 Å². The number of imidazole rings is 2. The van der Waals surface area contributed by atoms with Crippen LogP contribution in [0.15, 0.2) is 37.4 Å². The Balaban J connectivity index is 1.67. The predicted molar refractivity (Wildman–Crippen MR) is 76.7 cm³/mol. The zero-order valence-electron chi connectivity index (χ0n) is 12.7. The topological polar surface area (TPSA) is 17.6 Å². The van der Waals surface area contributed by atoms with Crippen LogP contribution >= 0.6 is 0 Å². The van der Waals surface area contributed by atoms with Gasteiger partial charge in [-0.25, -0.2) is 18.3 Å². The third-order valence-corrected chi connectivity index (χ3v) is 4.60. The highest BCUT2D eigenvalue weighted by molar-refractivity contribution is 4.80. The van der Waals surface area contributed by atoms with Crippen molar-refractivity contribution in [3.63, 3.8) is 0 Å². The van der Waals surface area contributed by atoms with Crippen molar-refractivity contribution in [1.29, 1.82) is 0 Å². The van der Waals surface area contributed by atoms with Crippen molar-refractivity contribution in [3.05, 3.63) is 37.4 Å². The van der Waals surface area contributed by atoms with Crippen LogP contribution in [0.25, 0.3) is 0 Å². The lowest BCUT2D eigenvalue weighted by molar-refractivity contribution is -0.671. The summed E-state index contributed by atoms with van der Waals surface area (Å²) in [6.45, 7) is 2.33. The van der Waals surface area contributed by atoms with Gasteiger partial charge in [-0.1, -0.05) is 12.8 Å². The summed E-state index contributed by atoms with van der Waals surface area (Å²) in [4.78, 5) is 0. The summed E-state index contributed by atoms with van der Waals surface area (Å²) in [6, 6.07) is 0. The fraction of sp³-hybridized carbons (Fsp3) is 0.625. The van der Waals surface area contributed by atoms with Gasteiger partial charge in [0.05, 0.1) is 27.2 Å². The monoisotopic (exact) mass is 274 g/mol. The summed E-state index contributed by atoms with van der Waals surface area (Å²) < 4.78 is 8.95. The number of nitrogens with zero attached hydrogens (tertiary/aromatic N) is 4. The highest BCUT2D eigenvalue weighted by atomic mass is 15.1. The van der Waals surface area contributed by atoms with Crippen molar-refractivity contribution in [2.45, 2.75) is 38.8 Å². The van der Waals surface area contributed by atoms with Gasteiger partial charge in [0, 0.05) is 11.8 Å². The molecule has 0 amide bonds. The molecule has 0 radical (unpaired) electrons. The van der Waals surface area contributed by atoms with Gasteiger partial charge in [0.25, 0.3) is 0 Å². The van der Waals surface area contributed by atoms with Gasteiger partial charge >= 0.3 is 0 Å². The summed E-state index contributed by atoms with van der Waals surface area (Å²) in [5.74, 6) is 1.62. The Morgan fingerprint density at radius 2 is 1.30 bits per heavy atom. The quantitative estimate of drug-likeness (QED) is 0.751. The zero-order valence-corrected chi connectivity index (χ0v) is 12.7. The van der Waals surface area contributed by atoms with Gasteiger partial charge in [-0.2, -0.15) is 0 Å². The minimum absolute atomic E-state index is 0.809. The Labute approximate surface area is 121 Å². The molecule has 0 N–H and O–H groups in total. The van der Waals surface area contributed by atoms with Crippen LogP contribution in [0, 0.1) is 11.8 Å². The minimum atomic E-state index is 0.809. The second-order valence-electron chi connectivity index (χ2n) is 6.36. The van der Waals surface area contributed by atoms with Gasteiger partial charge in [-0.3, -0.25) is 0 Å². The van der Waals surface area contributed by atoms with Crippen LogP contribution in [-0.2, 0) is 27.2 Å². The second kappa shape index (κ2) is 5.81. The summed E-state index contributed by atoms with van der Waals surface area (Å²) in [5.41, 5.74) is 0. The molecule has 1 aliphatic rings. The highest BCUT2D eigenvalue weighted by Gasteiger charge is 2.28. The van der Waals surface area contributed by atoms with E-state index >= 15 is 0 Å². The van der Waals surface area contributed by atoms with E-state index < -0.39 is 0 Å². The van der Waals surface area contributed by atoms with Crippen molar-refractivity contribution in [2.24, 2.45) is 25.9 Å². The number of aromatic nitrogens is 4. The maximum absolute atomic E-state index is 2.35. The van der Waals surface area contributed by atoms with Crippen LogP contribution in [0.5, 0.6) is 0 Å². The number of rotatable bonds is 4. The van der Waals surface area contributed by atoms with Crippen LogP contribution in [0.1, 0.15) is 25.7 Å². The van der Waals surface area contributed by atoms with Gasteiger partial charge in [-0.05, 0) is 12.8 Å². The Morgan fingerprint density at radius 1 is 0.850 bits per heavy atom. The first-order valence-electron chi connectivity index (χ1n) is 7.73. The van der Waals surface area contributed by atoms with Crippen molar-refractivity contribution < 1.29 is 9.13 Å². The number of hydrogen-bond donors (Lipinski definition) is 0. The standard InChI is InChI=1S/C16H26N4/c1-17-7-9-19(13-17)11-15-5-3-4-6-16(15)12-20-10-8-18(2)14-20/h7-10,13-16H,3-6,11-12H2,1-2H3/q+2. The van der Waals surface area contributed by atoms with Gasteiger partial charge in [0.15, 0.2) is 0 Å².